The molecule has 0 radical (unpaired) electrons. The molecule has 0 saturated heterocycles. The first-order chi connectivity index (χ1) is 11.5. The van der Waals surface area contributed by atoms with Crippen molar-refractivity contribution in [2.45, 2.75) is 32.7 Å². The number of amides is 2. The fraction of sp³-hybridized carbons (Fsp3) is 0.294. The lowest BCUT2D eigenvalue weighted by molar-refractivity contribution is -0.114. The average molecular weight is 325 g/mol. The Labute approximate surface area is 139 Å². The number of aryl methyl sites for hydroxylation is 1. The molecule has 3 N–H and O–H groups in total. The van der Waals surface area contributed by atoms with Crippen LogP contribution in [0.4, 0.5) is 17.2 Å². The highest BCUT2D eigenvalue weighted by Gasteiger charge is 2.22. The molecule has 1 heterocycles. The maximum atomic E-state index is 12.4. The summed E-state index contributed by atoms with van der Waals surface area (Å²) in [7, 11) is 0. The van der Waals surface area contributed by atoms with Crippen LogP contribution in [0, 0.1) is 6.92 Å². The van der Waals surface area contributed by atoms with Crippen LogP contribution in [-0.2, 0) is 4.79 Å². The molecule has 0 spiro atoms. The molecule has 1 fully saturated rings. The Bertz CT molecular complexity index is 786. The summed E-state index contributed by atoms with van der Waals surface area (Å²) < 4.78 is 0. The SMILES string of the molecule is CC(=O)Nc1cccc(NC(=O)c2cc(NC3CC3)nc(C)n2)c1. The van der Waals surface area contributed by atoms with E-state index in [-0.39, 0.29) is 11.8 Å². The van der Waals surface area contributed by atoms with Crippen molar-refractivity contribution in [1.82, 2.24) is 9.97 Å². The van der Waals surface area contributed by atoms with E-state index in [1.54, 1.807) is 37.3 Å². The van der Waals surface area contributed by atoms with Crippen molar-refractivity contribution < 1.29 is 9.59 Å². The summed E-state index contributed by atoms with van der Waals surface area (Å²) in [5.74, 6) is 0.722. The van der Waals surface area contributed by atoms with Crippen molar-refractivity contribution in [3.05, 3.63) is 41.9 Å². The second kappa shape index (κ2) is 6.66. The lowest BCUT2D eigenvalue weighted by Gasteiger charge is -2.09. The summed E-state index contributed by atoms with van der Waals surface area (Å²) in [6, 6.07) is 9.05. The van der Waals surface area contributed by atoms with Gasteiger partial charge in [-0.2, -0.15) is 0 Å². The topological polar surface area (TPSA) is 96.0 Å². The minimum Gasteiger partial charge on any atom is -0.367 e. The Morgan fingerprint density at radius 1 is 1.08 bits per heavy atom. The minimum atomic E-state index is -0.320. The maximum absolute atomic E-state index is 12.4. The molecule has 2 aromatic rings. The van der Waals surface area contributed by atoms with Crippen molar-refractivity contribution in [1.29, 1.82) is 0 Å². The zero-order chi connectivity index (χ0) is 17.1. The molecule has 1 aliphatic rings. The first-order valence-corrected chi connectivity index (χ1v) is 7.81. The average Bonchev–Trinajstić information content (AvgIpc) is 3.30. The van der Waals surface area contributed by atoms with Crippen molar-refractivity contribution in [2.75, 3.05) is 16.0 Å². The lowest BCUT2D eigenvalue weighted by atomic mass is 10.2. The molecule has 1 aliphatic carbocycles. The zero-order valence-electron chi connectivity index (χ0n) is 13.6. The number of hydrogen-bond acceptors (Lipinski definition) is 5. The Kier molecular flexibility index (Phi) is 4.41. The van der Waals surface area contributed by atoms with Crippen molar-refractivity contribution in [3.63, 3.8) is 0 Å². The van der Waals surface area contributed by atoms with Crippen LogP contribution in [0.5, 0.6) is 0 Å². The Hall–Kier alpha value is -2.96. The smallest absolute Gasteiger partial charge is 0.274 e. The standard InChI is InChI=1S/C17H19N5O2/c1-10-18-15(9-16(19-10)21-12-6-7-12)17(24)22-14-5-3-4-13(8-14)20-11(2)23/h3-5,8-9,12H,6-7H2,1-2H3,(H,20,23)(H,22,24)(H,18,19,21). The van der Waals surface area contributed by atoms with Crippen LogP contribution < -0.4 is 16.0 Å². The van der Waals surface area contributed by atoms with Gasteiger partial charge >= 0.3 is 0 Å². The van der Waals surface area contributed by atoms with Gasteiger partial charge in [-0.1, -0.05) is 6.07 Å². The van der Waals surface area contributed by atoms with E-state index in [1.807, 2.05) is 0 Å². The Morgan fingerprint density at radius 3 is 2.46 bits per heavy atom. The molecule has 1 saturated carbocycles. The van der Waals surface area contributed by atoms with Gasteiger partial charge in [0.25, 0.3) is 5.91 Å². The first kappa shape index (κ1) is 15.9. The number of hydrogen-bond donors (Lipinski definition) is 3. The van der Waals surface area contributed by atoms with E-state index in [1.165, 1.54) is 6.92 Å². The van der Waals surface area contributed by atoms with Gasteiger partial charge < -0.3 is 16.0 Å². The first-order valence-electron chi connectivity index (χ1n) is 7.81. The molecule has 24 heavy (non-hydrogen) atoms. The summed E-state index contributed by atoms with van der Waals surface area (Å²) in [5, 5.41) is 8.73. The number of carbonyl (C=O) groups excluding carboxylic acids is 2. The van der Waals surface area contributed by atoms with Gasteiger partial charge in [-0.05, 0) is 38.0 Å². The van der Waals surface area contributed by atoms with E-state index >= 15 is 0 Å². The van der Waals surface area contributed by atoms with E-state index < -0.39 is 0 Å². The molecule has 0 bridgehead atoms. The van der Waals surface area contributed by atoms with E-state index in [2.05, 4.69) is 25.9 Å². The summed E-state index contributed by atoms with van der Waals surface area (Å²) in [6.07, 6.45) is 2.25. The number of benzene rings is 1. The molecule has 0 atom stereocenters. The third-order valence-corrected chi connectivity index (χ3v) is 3.44. The van der Waals surface area contributed by atoms with Crippen LogP contribution in [-0.4, -0.2) is 27.8 Å². The van der Waals surface area contributed by atoms with Crippen molar-refractivity contribution >= 4 is 29.0 Å². The minimum absolute atomic E-state index is 0.166. The monoisotopic (exact) mass is 325 g/mol. The third-order valence-electron chi connectivity index (χ3n) is 3.44. The predicted molar refractivity (Wildman–Crippen MR) is 92.1 cm³/mol. The Balaban J connectivity index is 1.74. The lowest BCUT2D eigenvalue weighted by Crippen LogP contribution is -2.16. The highest BCUT2D eigenvalue weighted by Crippen LogP contribution is 2.24. The van der Waals surface area contributed by atoms with Gasteiger partial charge in [0.15, 0.2) is 0 Å². The fourth-order valence-corrected chi connectivity index (χ4v) is 2.27. The van der Waals surface area contributed by atoms with E-state index in [0.29, 0.717) is 34.8 Å². The molecule has 0 aliphatic heterocycles. The van der Waals surface area contributed by atoms with Gasteiger partial charge in [0, 0.05) is 30.4 Å². The molecule has 7 heteroatoms. The highest BCUT2D eigenvalue weighted by atomic mass is 16.2. The van der Waals surface area contributed by atoms with Crippen LogP contribution in [0.3, 0.4) is 0 Å². The molecular formula is C17H19N5O2. The van der Waals surface area contributed by atoms with Crippen LogP contribution in [0.1, 0.15) is 36.1 Å². The third kappa shape index (κ3) is 4.28. The summed E-state index contributed by atoms with van der Waals surface area (Å²) in [4.78, 5) is 32.0. The van der Waals surface area contributed by atoms with Crippen molar-refractivity contribution in [3.8, 4) is 0 Å². The summed E-state index contributed by atoms with van der Waals surface area (Å²) >= 11 is 0. The number of aromatic nitrogens is 2. The van der Waals surface area contributed by atoms with Gasteiger partial charge in [0.05, 0.1) is 0 Å². The van der Waals surface area contributed by atoms with Crippen LogP contribution >= 0.6 is 0 Å². The van der Waals surface area contributed by atoms with Gasteiger partial charge in [-0.15, -0.1) is 0 Å². The van der Waals surface area contributed by atoms with E-state index in [0.717, 1.165) is 12.8 Å². The summed E-state index contributed by atoms with van der Waals surface area (Å²) in [5.41, 5.74) is 1.50. The molecular weight excluding hydrogens is 306 g/mol. The quantitative estimate of drug-likeness (QED) is 0.785. The molecule has 1 aromatic carbocycles. The van der Waals surface area contributed by atoms with Crippen molar-refractivity contribution in [2.24, 2.45) is 0 Å². The largest absolute Gasteiger partial charge is 0.367 e. The number of anilines is 3. The molecule has 2 amide bonds. The van der Waals surface area contributed by atoms with Crippen LogP contribution in [0.15, 0.2) is 30.3 Å². The molecule has 3 rings (SSSR count). The molecule has 1 aromatic heterocycles. The predicted octanol–water partition coefficient (Wildman–Crippen LogP) is 2.57. The molecule has 0 unspecified atom stereocenters. The van der Waals surface area contributed by atoms with E-state index in [9.17, 15) is 9.59 Å². The number of rotatable bonds is 5. The van der Waals surface area contributed by atoms with Gasteiger partial charge in [0.1, 0.15) is 17.3 Å². The van der Waals surface area contributed by atoms with Crippen LogP contribution in [0.2, 0.25) is 0 Å². The second-order valence-corrected chi connectivity index (χ2v) is 5.82. The zero-order valence-corrected chi connectivity index (χ0v) is 13.6. The number of nitrogens with zero attached hydrogens (tertiary/aromatic N) is 2. The van der Waals surface area contributed by atoms with Gasteiger partial charge in [-0.25, -0.2) is 9.97 Å². The molecule has 7 nitrogen and oxygen atoms in total. The highest BCUT2D eigenvalue weighted by molar-refractivity contribution is 6.03. The van der Waals surface area contributed by atoms with Gasteiger partial charge in [-0.3, -0.25) is 9.59 Å². The van der Waals surface area contributed by atoms with E-state index in [4.69, 9.17) is 0 Å². The maximum Gasteiger partial charge on any atom is 0.274 e. The second-order valence-electron chi connectivity index (χ2n) is 5.82. The number of nitrogens with one attached hydrogen (secondary N) is 3. The van der Waals surface area contributed by atoms with Crippen LogP contribution in [0.25, 0.3) is 0 Å². The van der Waals surface area contributed by atoms with Gasteiger partial charge in [0.2, 0.25) is 5.91 Å². The molecule has 124 valence electrons. The Morgan fingerprint density at radius 2 is 1.79 bits per heavy atom. The number of carbonyl (C=O) groups is 2. The fourth-order valence-electron chi connectivity index (χ4n) is 2.27. The normalized spacial score (nSPS) is 13.2. The summed E-state index contributed by atoms with van der Waals surface area (Å²) in [6.45, 7) is 3.19.